The van der Waals surface area contributed by atoms with Gasteiger partial charge in [-0.15, -0.1) is 0 Å². The average Bonchev–Trinajstić information content (AvgIpc) is 3.46. The topological polar surface area (TPSA) is 146 Å². The van der Waals surface area contributed by atoms with Gasteiger partial charge in [-0.3, -0.25) is 18.8 Å². The Labute approximate surface area is 212 Å². The number of carboxylic acid groups (broad SMARTS) is 1. The number of rotatable bonds is 7. The highest BCUT2D eigenvalue weighted by molar-refractivity contribution is 5.82. The number of carbonyl (C=O) groups is 2. The van der Waals surface area contributed by atoms with Crippen molar-refractivity contribution in [1.29, 1.82) is 0 Å². The van der Waals surface area contributed by atoms with Gasteiger partial charge in [0.05, 0.1) is 36.2 Å². The Hall–Kier alpha value is -3.89. The van der Waals surface area contributed by atoms with Gasteiger partial charge in [0.1, 0.15) is 0 Å². The molecule has 3 rings (SSSR count). The lowest BCUT2D eigenvalue weighted by molar-refractivity contribution is -0.192. The van der Waals surface area contributed by atoms with E-state index in [9.17, 15) is 31.1 Å². The van der Waals surface area contributed by atoms with Gasteiger partial charge in [-0.25, -0.2) is 4.79 Å². The van der Waals surface area contributed by atoms with Crippen LogP contribution < -0.4 is 11.1 Å². The summed E-state index contributed by atoms with van der Waals surface area (Å²) in [4.78, 5) is 21.5. The van der Waals surface area contributed by atoms with Gasteiger partial charge in [-0.1, -0.05) is 0 Å². The molecule has 1 atom stereocenters. The standard InChI is InChI=1S/C19H25F3N8O.C2HF3O2/c1-18(2,26-17(31)14(23)5-12-7-24-28(3)9-12)11-30-15(13-8-25-29(4)10-13)6-16(27-30)19(20,21)22;3-2(4,5)1(6)7/h6-10,14H,5,11,23H2,1-4H3,(H,26,31);(H,6,7)/t14-;/m1./s1. The molecule has 11 nitrogen and oxygen atoms in total. The van der Waals surface area contributed by atoms with Gasteiger partial charge in [0.25, 0.3) is 0 Å². The number of nitrogens with two attached hydrogens (primary N) is 1. The quantitative estimate of drug-likeness (QED) is 0.381. The summed E-state index contributed by atoms with van der Waals surface area (Å²) >= 11 is 0. The van der Waals surface area contributed by atoms with Crippen LogP contribution in [-0.2, 0) is 42.8 Å². The summed E-state index contributed by atoms with van der Waals surface area (Å²) in [5.74, 6) is -3.17. The van der Waals surface area contributed by atoms with E-state index < -0.39 is 41.5 Å². The monoisotopic (exact) mass is 552 g/mol. The molecule has 38 heavy (non-hydrogen) atoms. The lowest BCUT2D eigenvalue weighted by Gasteiger charge is -2.28. The number of carboxylic acids is 1. The van der Waals surface area contributed by atoms with Gasteiger partial charge in [0.15, 0.2) is 5.69 Å². The minimum atomic E-state index is -5.08. The van der Waals surface area contributed by atoms with Crippen molar-refractivity contribution < 1.29 is 41.0 Å². The molecule has 3 aromatic heterocycles. The number of halogens is 6. The lowest BCUT2D eigenvalue weighted by atomic mass is 10.0. The molecule has 0 radical (unpaired) electrons. The molecule has 0 aliphatic rings. The first kappa shape index (κ1) is 30.3. The molecule has 0 aromatic carbocycles. The first-order valence-electron chi connectivity index (χ1n) is 10.8. The third kappa shape index (κ3) is 8.60. The van der Waals surface area contributed by atoms with Crippen LogP contribution >= 0.6 is 0 Å². The first-order valence-corrected chi connectivity index (χ1v) is 10.8. The molecule has 0 fully saturated rings. The van der Waals surface area contributed by atoms with Crippen LogP contribution in [0.2, 0.25) is 0 Å². The summed E-state index contributed by atoms with van der Waals surface area (Å²) in [6.45, 7) is 3.39. The van der Waals surface area contributed by atoms with Crippen molar-refractivity contribution in [3.05, 3.63) is 42.1 Å². The maximum absolute atomic E-state index is 13.3. The fraction of sp³-hybridized carbons (Fsp3) is 0.476. The number of alkyl halides is 6. The van der Waals surface area contributed by atoms with Crippen LogP contribution in [-0.4, -0.2) is 64.1 Å². The molecule has 0 aliphatic heterocycles. The van der Waals surface area contributed by atoms with E-state index in [2.05, 4.69) is 20.6 Å². The van der Waals surface area contributed by atoms with E-state index in [1.165, 1.54) is 15.6 Å². The third-order valence-electron chi connectivity index (χ3n) is 4.87. The predicted molar refractivity (Wildman–Crippen MR) is 120 cm³/mol. The third-order valence-corrected chi connectivity index (χ3v) is 4.87. The molecule has 17 heteroatoms. The van der Waals surface area contributed by atoms with Crippen molar-refractivity contribution in [1.82, 2.24) is 34.7 Å². The lowest BCUT2D eigenvalue weighted by Crippen LogP contribution is -2.53. The Bertz CT molecular complexity index is 1260. The largest absolute Gasteiger partial charge is 0.490 e. The zero-order valence-electron chi connectivity index (χ0n) is 20.7. The minimum absolute atomic E-state index is 0.00133. The molecule has 3 aromatic rings. The summed E-state index contributed by atoms with van der Waals surface area (Å²) in [5.41, 5.74) is 5.63. The van der Waals surface area contributed by atoms with Gasteiger partial charge in [0, 0.05) is 32.1 Å². The molecule has 0 saturated carbocycles. The Kier molecular flexibility index (Phi) is 8.97. The van der Waals surface area contributed by atoms with E-state index in [1.54, 1.807) is 51.2 Å². The Morgan fingerprint density at radius 3 is 2.05 bits per heavy atom. The van der Waals surface area contributed by atoms with Crippen LogP contribution in [0.4, 0.5) is 26.3 Å². The second-order valence-corrected chi connectivity index (χ2v) is 8.98. The highest BCUT2D eigenvalue weighted by Gasteiger charge is 2.38. The van der Waals surface area contributed by atoms with Crippen molar-refractivity contribution in [3.8, 4) is 11.3 Å². The van der Waals surface area contributed by atoms with E-state index in [0.717, 1.165) is 11.6 Å². The van der Waals surface area contributed by atoms with Crippen LogP contribution in [0.25, 0.3) is 11.3 Å². The SMILES string of the molecule is Cn1cc(C[C@@H](N)C(=O)NC(C)(C)Cn2nc(C(F)(F)F)cc2-c2cnn(C)c2)cn1.O=C(O)C(F)(F)F. The normalized spacial score (nSPS) is 13.0. The molecule has 3 heterocycles. The van der Waals surface area contributed by atoms with Crippen LogP contribution in [0.15, 0.2) is 30.9 Å². The predicted octanol–water partition coefficient (Wildman–Crippen LogP) is 2.13. The zero-order chi connectivity index (χ0) is 29.1. The fourth-order valence-corrected chi connectivity index (χ4v) is 3.23. The average molecular weight is 552 g/mol. The molecule has 0 aliphatic carbocycles. The second kappa shape index (κ2) is 11.2. The molecule has 0 bridgehead atoms. The minimum Gasteiger partial charge on any atom is -0.475 e. The molecule has 4 N–H and O–H groups in total. The van der Waals surface area contributed by atoms with Crippen molar-refractivity contribution >= 4 is 11.9 Å². The van der Waals surface area contributed by atoms with E-state index in [-0.39, 0.29) is 18.7 Å². The van der Waals surface area contributed by atoms with Gasteiger partial charge in [-0.05, 0) is 31.9 Å². The van der Waals surface area contributed by atoms with Gasteiger partial charge < -0.3 is 16.2 Å². The zero-order valence-corrected chi connectivity index (χ0v) is 20.7. The molecule has 0 spiro atoms. The van der Waals surface area contributed by atoms with Crippen LogP contribution in [0.5, 0.6) is 0 Å². The molecule has 0 saturated heterocycles. The Morgan fingerprint density at radius 1 is 1.05 bits per heavy atom. The first-order chi connectivity index (χ1) is 17.3. The van der Waals surface area contributed by atoms with Gasteiger partial charge in [-0.2, -0.15) is 41.6 Å². The summed E-state index contributed by atoms with van der Waals surface area (Å²) in [6, 6.07) is 0.146. The number of nitrogens with zero attached hydrogens (tertiary/aromatic N) is 6. The molecule has 210 valence electrons. The summed E-state index contributed by atoms with van der Waals surface area (Å²) < 4.78 is 75.9. The van der Waals surface area contributed by atoms with Crippen LogP contribution in [0.1, 0.15) is 25.1 Å². The molecular weight excluding hydrogens is 526 g/mol. The molecule has 0 unspecified atom stereocenters. The second-order valence-electron chi connectivity index (χ2n) is 8.98. The van der Waals surface area contributed by atoms with E-state index >= 15 is 0 Å². The number of amides is 1. The van der Waals surface area contributed by atoms with Crippen molar-refractivity contribution in [2.45, 2.75) is 50.7 Å². The van der Waals surface area contributed by atoms with Gasteiger partial charge >= 0.3 is 18.3 Å². The highest BCUT2D eigenvalue weighted by atomic mass is 19.4. The number of hydrogen-bond acceptors (Lipinski definition) is 6. The number of aryl methyl sites for hydroxylation is 2. The number of aliphatic carboxylic acids is 1. The molecule has 1 amide bonds. The van der Waals surface area contributed by atoms with Crippen molar-refractivity contribution in [2.24, 2.45) is 19.8 Å². The van der Waals surface area contributed by atoms with Crippen molar-refractivity contribution in [2.75, 3.05) is 0 Å². The molecular formula is C21H26F6N8O3. The summed E-state index contributed by atoms with van der Waals surface area (Å²) in [6.07, 6.45) is -2.94. The maximum atomic E-state index is 13.3. The highest BCUT2D eigenvalue weighted by Crippen LogP contribution is 2.32. The van der Waals surface area contributed by atoms with E-state index in [0.29, 0.717) is 5.56 Å². The van der Waals surface area contributed by atoms with Gasteiger partial charge in [0.2, 0.25) is 5.91 Å². The maximum Gasteiger partial charge on any atom is 0.490 e. The summed E-state index contributed by atoms with van der Waals surface area (Å²) in [7, 11) is 3.43. The Balaban J connectivity index is 0.000000638. The Morgan fingerprint density at radius 2 is 1.61 bits per heavy atom. The van der Waals surface area contributed by atoms with Crippen LogP contribution in [0.3, 0.4) is 0 Å². The van der Waals surface area contributed by atoms with Crippen LogP contribution in [0, 0.1) is 0 Å². The smallest absolute Gasteiger partial charge is 0.475 e. The number of carbonyl (C=O) groups excluding carboxylic acids is 1. The fourth-order valence-electron chi connectivity index (χ4n) is 3.23. The van der Waals surface area contributed by atoms with E-state index in [4.69, 9.17) is 15.6 Å². The number of aromatic nitrogens is 6. The number of hydrogen-bond donors (Lipinski definition) is 3. The number of nitrogens with one attached hydrogen (secondary N) is 1. The van der Waals surface area contributed by atoms with Crippen molar-refractivity contribution in [3.63, 3.8) is 0 Å². The summed E-state index contributed by atoms with van der Waals surface area (Å²) in [5, 5.41) is 21.7. The van der Waals surface area contributed by atoms with E-state index in [1.807, 2.05) is 0 Å².